The van der Waals surface area contributed by atoms with Gasteiger partial charge in [-0.25, -0.2) is 4.98 Å². The lowest BCUT2D eigenvalue weighted by molar-refractivity contribution is 0.112. The van der Waals surface area contributed by atoms with Gasteiger partial charge in [0.15, 0.2) is 6.29 Å². The molecule has 0 N–H and O–H groups in total. The lowest BCUT2D eigenvalue weighted by atomic mass is 10.2. The van der Waals surface area contributed by atoms with E-state index in [1.165, 1.54) is 0 Å². The summed E-state index contributed by atoms with van der Waals surface area (Å²) in [5.41, 5.74) is 1.74. The van der Waals surface area contributed by atoms with Crippen molar-refractivity contribution in [3.63, 3.8) is 0 Å². The van der Waals surface area contributed by atoms with Gasteiger partial charge in [0.1, 0.15) is 12.1 Å². The summed E-state index contributed by atoms with van der Waals surface area (Å²) in [5.74, 6) is 0.846. The lowest BCUT2D eigenvalue weighted by Gasteiger charge is -2.05. The Labute approximate surface area is 98.1 Å². The Morgan fingerprint density at radius 3 is 2.82 bits per heavy atom. The van der Waals surface area contributed by atoms with Gasteiger partial charge < -0.3 is 4.57 Å². The second kappa shape index (κ2) is 3.59. The van der Waals surface area contributed by atoms with E-state index in [1.807, 2.05) is 46.6 Å². The van der Waals surface area contributed by atoms with Crippen molar-refractivity contribution in [2.45, 2.75) is 0 Å². The van der Waals surface area contributed by atoms with Crippen LogP contribution in [-0.4, -0.2) is 20.4 Å². The SMILES string of the molecule is Cn1c(-n2ccnc2)c(C=O)c2ccccc21. The zero-order valence-electron chi connectivity index (χ0n) is 9.37. The van der Waals surface area contributed by atoms with E-state index in [0.29, 0.717) is 5.56 Å². The Balaban J connectivity index is 2.45. The minimum atomic E-state index is 0.695. The molecule has 4 nitrogen and oxygen atoms in total. The molecule has 3 aromatic rings. The third-order valence-electron chi connectivity index (χ3n) is 2.98. The molecule has 0 saturated heterocycles. The number of hydrogen-bond acceptors (Lipinski definition) is 2. The molecule has 0 amide bonds. The first kappa shape index (κ1) is 9.84. The number of carbonyl (C=O) groups excluding carboxylic acids is 1. The molecule has 2 heterocycles. The molecule has 17 heavy (non-hydrogen) atoms. The van der Waals surface area contributed by atoms with Gasteiger partial charge in [-0.1, -0.05) is 18.2 Å². The van der Waals surface area contributed by atoms with Crippen LogP contribution in [0.3, 0.4) is 0 Å². The second-order valence-corrected chi connectivity index (χ2v) is 3.90. The Bertz CT molecular complexity index is 680. The average Bonchev–Trinajstić information content (AvgIpc) is 2.96. The maximum atomic E-state index is 11.3. The van der Waals surface area contributed by atoms with Gasteiger partial charge in [0.2, 0.25) is 0 Å². The molecule has 0 saturated carbocycles. The maximum Gasteiger partial charge on any atom is 0.154 e. The van der Waals surface area contributed by atoms with Crippen LogP contribution >= 0.6 is 0 Å². The highest BCUT2D eigenvalue weighted by Gasteiger charge is 2.14. The Hall–Kier alpha value is -2.36. The van der Waals surface area contributed by atoms with E-state index in [0.717, 1.165) is 23.0 Å². The molecule has 1 aromatic carbocycles. The van der Waals surface area contributed by atoms with Crippen molar-refractivity contribution in [1.82, 2.24) is 14.1 Å². The van der Waals surface area contributed by atoms with E-state index in [9.17, 15) is 4.79 Å². The molecular formula is C13H11N3O. The van der Waals surface area contributed by atoms with Crippen LogP contribution in [0.15, 0.2) is 43.0 Å². The number of aryl methyl sites for hydroxylation is 1. The van der Waals surface area contributed by atoms with Crippen LogP contribution in [0, 0.1) is 0 Å². The number of hydrogen-bond donors (Lipinski definition) is 0. The highest BCUT2D eigenvalue weighted by Crippen LogP contribution is 2.26. The van der Waals surface area contributed by atoms with Gasteiger partial charge in [-0.2, -0.15) is 0 Å². The van der Waals surface area contributed by atoms with E-state index >= 15 is 0 Å². The van der Waals surface area contributed by atoms with Crippen molar-refractivity contribution in [3.8, 4) is 5.82 Å². The van der Waals surface area contributed by atoms with Gasteiger partial charge in [-0.15, -0.1) is 0 Å². The predicted octanol–water partition coefficient (Wildman–Crippen LogP) is 2.18. The molecule has 4 heteroatoms. The minimum absolute atomic E-state index is 0.695. The van der Waals surface area contributed by atoms with Gasteiger partial charge in [-0.3, -0.25) is 9.36 Å². The monoisotopic (exact) mass is 225 g/mol. The molecule has 2 aromatic heterocycles. The minimum Gasteiger partial charge on any atom is -0.329 e. The Kier molecular flexibility index (Phi) is 2.08. The van der Waals surface area contributed by atoms with Crippen molar-refractivity contribution in [2.75, 3.05) is 0 Å². The first-order valence-electron chi connectivity index (χ1n) is 5.34. The summed E-state index contributed by atoms with van der Waals surface area (Å²) >= 11 is 0. The van der Waals surface area contributed by atoms with Gasteiger partial charge in [0, 0.05) is 24.8 Å². The quantitative estimate of drug-likeness (QED) is 0.627. The van der Waals surface area contributed by atoms with Crippen LogP contribution in [-0.2, 0) is 7.05 Å². The average molecular weight is 225 g/mol. The van der Waals surface area contributed by atoms with E-state index in [-0.39, 0.29) is 0 Å². The van der Waals surface area contributed by atoms with E-state index in [2.05, 4.69) is 4.98 Å². The molecule has 84 valence electrons. The van der Waals surface area contributed by atoms with Crippen molar-refractivity contribution < 1.29 is 4.79 Å². The van der Waals surface area contributed by atoms with Crippen molar-refractivity contribution in [3.05, 3.63) is 48.5 Å². The second-order valence-electron chi connectivity index (χ2n) is 3.90. The third kappa shape index (κ3) is 1.30. The van der Waals surface area contributed by atoms with Crippen molar-refractivity contribution >= 4 is 17.2 Å². The lowest BCUT2D eigenvalue weighted by Crippen LogP contribution is -2.01. The summed E-state index contributed by atoms with van der Waals surface area (Å²) in [4.78, 5) is 15.3. The van der Waals surface area contributed by atoms with E-state index < -0.39 is 0 Å². The van der Waals surface area contributed by atoms with Gasteiger partial charge in [0.25, 0.3) is 0 Å². The molecule has 0 aliphatic heterocycles. The standard InChI is InChI=1S/C13H11N3O/c1-15-12-5-3-2-4-10(12)11(8-17)13(15)16-7-6-14-9-16/h2-9H,1H3. The normalized spacial score (nSPS) is 10.9. The molecule has 0 spiro atoms. The van der Waals surface area contributed by atoms with Crippen LogP contribution in [0.1, 0.15) is 10.4 Å². The van der Waals surface area contributed by atoms with Crippen molar-refractivity contribution in [1.29, 1.82) is 0 Å². The first-order chi connectivity index (χ1) is 8.33. The smallest absolute Gasteiger partial charge is 0.154 e. The summed E-state index contributed by atoms with van der Waals surface area (Å²) < 4.78 is 3.85. The number of aldehydes is 1. The zero-order chi connectivity index (χ0) is 11.8. The van der Waals surface area contributed by atoms with Gasteiger partial charge in [0.05, 0.1) is 11.1 Å². The number of rotatable bonds is 2. The summed E-state index contributed by atoms with van der Waals surface area (Å²) in [5, 5.41) is 0.966. The molecular weight excluding hydrogens is 214 g/mol. The van der Waals surface area contributed by atoms with Crippen LogP contribution in [0.4, 0.5) is 0 Å². The zero-order valence-corrected chi connectivity index (χ0v) is 9.37. The largest absolute Gasteiger partial charge is 0.329 e. The Morgan fingerprint density at radius 2 is 2.12 bits per heavy atom. The molecule has 0 bridgehead atoms. The fourth-order valence-electron chi connectivity index (χ4n) is 2.22. The fourth-order valence-corrected chi connectivity index (χ4v) is 2.22. The number of aromatic nitrogens is 3. The van der Waals surface area contributed by atoms with Crippen LogP contribution in [0.5, 0.6) is 0 Å². The Morgan fingerprint density at radius 1 is 1.29 bits per heavy atom. The molecule has 0 fully saturated rings. The molecule has 0 aliphatic carbocycles. The molecule has 0 aliphatic rings. The molecule has 0 radical (unpaired) electrons. The van der Waals surface area contributed by atoms with Crippen LogP contribution < -0.4 is 0 Å². The third-order valence-corrected chi connectivity index (χ3v) is 2.98. The molecule has 0 atom stereocenters. The van der Waals surface area contributed by atoms with Crippen LogP contribution in [0.25, 0.3) is 16.7 Å². The highest BCUT2D eigenvalue weighted by atomic mass is 16.1. The number of nitrogens with zero attached hydrogens (tertiary/aromatic N) is 3. The summed E-state index contributed by atoms with van der Waals surface area (Å²) in [6, 6.07) is 7.86. The summed E-state index contributed by atoms with van der Waals surface area (Å²) in [7, 11) is 1.95. The van der Waals surface area contributed by atoms with E-state index in [1.54, 1.807) is 12.5 Å². The number of para-hydroxylation sites is 1. The van der Waals surface area contributed by atoms with Gasteiger partial charge >= 0.3 is 0 Å². The highest BCUT2D eigenvalue weighted by molar-refractivity contribution is 6.01. The van der Waals surface area contributed by atoms with Crippen LogP contribution in [0.2, 0.25) is 0 Å². The number of imidazole rings is 1. The number of carbonyl (C=O) groups is 1. The predicted molar refractivity (Wildman–Crippen MR) is 65.4 cm³/mol. The first-order valence-corrected chi connectivity index (χ1v) is 5.34. The molecule has 0 unspecified atom stereocenters. The summed E-state index contributed by atoms with van der Waals surface area (Å²) in [6.07, 6.45) is 6.13. The maximum absolute atomic E-state index is 11.3. The number of benzene rings is 1. The van der Waals surface area contributed by atoms with Crippen molar-refractivity contribution in [2.24, 2.45) is 7.05 Å². The molecule has 3 rings (SSSR count). The fraction of sp³-hybridized carbons (Fsp3) is 0.0769. The van der Waals surface area contributed by atoms with Gasteiger partial charge in [-0.05, 0) is 6.07 Å². The topological polar surface area (TPSA) is 39.8 Å². The summed E-state index contributed by atoms with van der Waals surface area (Å²) in [6.45, 7) is 0. The number of fused-ring (bicyclic) bond motifs is 1. The van der Waals surface area contributed by atoms with E-state index in [4.69, 9.17) is 0 Å².